The Bertz CT molecular complexity index is 2490. The van der Waals surface area contributed by atoms with Crippen LogP contribution in [0, 0.1) is 92.7 Å². The van der Waals surface area contributed by atoms with Crippen LogP contribution in [0.15, 0.2) is 23.3 Å². The predicted octanol–water partition coefficient (Wildman–Crippen LogP) is 19.8. The fourth-order valence-corrected chi connectivity index (χ4v) is 23.6. The summed E-state index contributed by atoms with van der Waals surface area (Å²) in [4.78, 5) is 21.5. The topological polar surface area (TPSA) is 324 Å². The van der Waals surface area contributed by atoms with Gasteiger partial charge < -0.3 is 53.6 Å². The van der Waals surface area contributed by atoms with Gasteiger partial charge in [0.15, 0.2) is 15.6 Å². The molecule has 10 aliphatic carbocycles. The maximum absolute atomic E-state index is 12.0. The summed E-state index contributed by atoms with van der Waals surface area (Å²) in [5.41, 5.74) is 34.0. The zero-order chi connectivity index (χ0) is 70.1. The van der Waals surface area contributed by atoms with E-state index in [-0.39, 0.29) is 121 Å². The van der Waals surface area contributed by atoms with Gasteiger partial charge in [-0.2, -0.15) is 28.4 Å². The average molecular weight is 1820 g/mol. The molecule has 0 aliphatic heterocycles. The maximum Gasteiger partial charge on any atom is 2.00 e. The molecule has 11 N–H and O–H groups in total. The van der Waals surface area contributed by atoms with Crippen molar-refractivity contribution in [2.24, 2.45) is 92.7 Å². The molecule has 21 atom stereocenters. The molecule has 10 rings (SSSR count). The van der Waals surface area contributed by atoms with E-state index in [1.165, 1.54) is 141 Å². The number of hydrogen-bond donors (Lipinski definition) is 2. The molecule has 11 unspecified atom stereocenters. The molecule has 16 nitrogen and oxygen atoms in total. The smallest absolute Gasteiger partial charge is 0.676 e. The number of rotatable bonds is 24. The number of carboxylic acids is 2. The fraction of sp³-hybridized carbons (Fsp3) is 0.924. The zero-order valence-corrected chi connectivity index (χ0v) is 68.3. The Hall–Kier alpha value is -0.693. The van der Waals surface area contributed by atoms with Gasteiger partial charge in [-0.25, -0.2) is 12.6 Å². The quantitative estimate of drug-likeness (QED) is 0.0526. The van der Waals surface area contributed by atoms with Crippen molar-refractivity contribution >= 4 is 31.6 Å². The molecule has 0 bridgehead atoms. The predicted molar refractivity (Wildman–Crippen MR) is 406 cm³/mol. The summed E-state index contributed by atoms with van der Waals surface area (Å²) >= 11 is 0. The Labute approximate surface area is 640 Å². The number of halogens is 1. The number of carboxylic acid groups (broad SMARTS) is 2. The van der Waals surface area contributed by atoms with Gasteiger partial charge in [0.05, 0.1) is 32.2 Å². The first-order valence-corrected chi connectivity index (χ1v) is 41.6. The van der Waals surface area contributed by atoms with Gasteiger partial charge in [0.2, 0.25) is 0 Å². The number of carbonyl (C=O) groups is 2. The molecule has 100 heavy (non-hydrogen) atoms. The van der Waals surface area contributed by atoms with E-state index in [1.54, 1.807) is 11.1 Å². The Balaban J connectivity index is 0.00000149. The molecule has 21 heteroatoms. The van der Waals surface area contributed by atoms with Crippen LogP contribution in [0.3, 0.4) is 0 Å². The van der Waals surface area contributed by atoms with Gasteiger partial charge in [0, 0.05) is 34.3 Å². The van der Waals surface area contributed by atoms with Crippen LogP contribution >= 0.6 is 0 Å². The minimum absolute atomic E-state index is 0. The van der Waals surface area contributed by atoms with Gasteiger partial charge in [0.1, 0.15) is 5.75 Å². The van der Waals surface area contributed by atoms with Gasteiger partial charge >= 0.3 is 33.0 Å². The summed E-state index contributed by atoms with van der Waals surface area (Å²) in [6.45, 7) is 25.7. The van der Waals surface area contributed by atoms with Crippen molar-refractivity contribution in [2.75, 3.05) is 43.4 Å². The molecule has 10 aliphatic rings. The average Bonchev–Trinajstić information content (AvgIpc) is 1.70. The first-order valence-electron chi connectivity index (χ1n) is 38.6. The largest absolute Gasteiger partial charge is 2.00 e. The monoisotopic (exact) mass is 1820 g/mol. The van der Waals surface area contributed by atoms with Crippen LogP contribution in [0.25, 0.3) is 22.9 Å². The molecular formula is C79H148FN4O12Pt2S2-. The van der Waals surface area contributed by atoms with Gasteiger partial charge in [-0.05, 0) is 208 Å². The SMILES string of the molecule is C.C.CC(C)CCC[C@@H](C)[C@H]1CCC2C3CC=C4C[C@@H](OCCCS(=O)(=O)CC(=O)O)CC[C@]4(C)C3CC[C@@]21C.CC(C)CCC[C@@H](C)[C@H]1CCC2C3CC=C4C[C@@H](OCCCS(=O)(=[OH+])CC(=O)O)CC[C@]4(C)C3CC[C@@]21C.O.O.[2H]CF.[NH-]C1CCCCC1[NH-].[NH-]C1CCCCC1[NH-].[Pt+2].[Pt]. The maximum atomic E-state index is 12.0. The Kier molecular flexibility index (Phi) is 44.1. The normalized spacial score (nSPS) is 35.7. The number of allylic oxidation sites excluding steroid dienone is 2. The number of fused-ring (bicyclic) bond motifs is 10. The minimum Gasteiger partial charge on any atom is -0.676 e. The van der Waals surface area contributed by atoms with Gasteiger partial charge in [-0.3, -0.25) is 14.0 Å². The second-order valence-electron chi connectivity index (χ2n) is 33.8. The first-order chi connectivity index (χ1) is 44.7. The van der Waals surface area contributed by atoms with Crippen molar-refractivity contribution in [1.82, 2.24) is 0 Å². The molecule has 0 aromatic heterocycles. The molecule has 8 saturated carbocycles. The van der Waals surface area contributed by atoms with Crippen molar-refractivity contribution in [1.29, 1.82) is 0 Å². The molecule has 0 aromatic rings. The van der Waals surface area contributed by atoms with Crippen molar-refractivity contribution in [3.63, 3.8) is 0 Å². The fourth-order valence-electron chi connectivity index (χ4n) is 21.4. The number of ether oxygens (including phenoxy) is 2. The standard InChI is InChI=1S/2C32H54O5S.2C6H12N2.CH3F.2CH4.2H2O.2Pt/c2*1-22(2)8-6-9-23(3)27-12-13-28-26-11-10-24-20-25(37-18-7-19-38(35,36)21-30(33)34)14-16-31(24,4)29(26)15-17-32(27,28)5;2*7-5-3-1-2-4-6(5)8;1-2;;;;;;/h2*10,22-23,25-29H,6-9,11-21H2,1-5H3,(H,33,34);2*5-8H,1-4H2;1H3;2*1H4;2*1H2;;/q;;2*-2;;;;;;;+2/p+1/t2*23-,25+,26?,27-,28?,29?,31+,32-;;;;;;;;;/m11........./s1/i;;;;1D;;;;;;. The van der Waals surface area contributed by atoms with E-state index in [0.29, 0.717) is 42.3 Å². The molecule has 0 amide bonds. The van der Waals surface area contributed by atoms with E-state index in [0.717, 1.165) is 122 Å². The van der Waals surface area contributed by atoms with Crippen molar-refractivity contribution in [3.8, 4) is 0 Å². The summed E-state index contributed by atoms with van der Waals surface area (Å²) in [5, 5.41) is 17.6. The van der Waals surface area contributed by atoms with E-state index in [9.17, 15) is 30.8 Å². The van der Waals surface area contributed by atoms with E-state index >= 15 is 0 Å². The van der Waals surface area contributed by atoms with Crippen LogP contribution in [0.4, 0.5) is 4.39 Å². The third-order valence-electron chi connectivity index (χ3n) is 26.7. The molecule has 0 aromatic carbocycles. The number of aliphatic carboxylic acids is 2. The Morgan fingerprint density at radius 3 is 1.24 bits per heavy atom. The Morgan fingerprint density at radius 1 is 0.560 bits per heavy atom. The minimum atomic E-state index is -3.55. The van der Waals surface area contributed by atoms with Gasteiger partial charge in [-0.15, -0.1) is 0 Å². The van der Waals surface area contributed by atoms with Gasteiger partial charge in [0.25, 0.3) is 9.84 Å². The molecule has 0 heterocycles. The molecule has 8 fully saturated rings. The van der Waals surface area contributed by atoms with Crippen molar-refractivity contribution in [3.05, 3.63) is 46.2 Å². The zero-order valence-electron chi connectivity index (χ0n) is 63.2. The molecule has 0 spiro atoms. The second kappa shape index (κ2) is 45.3. The van der Waals surface area contributed by atoms with Crippen LogP contribution in [0.5, 0.6) is 0 Å². The van der Waals surface area contributed by atoms with Crippen LogP contribution in [0.1, 0.15) is 291 Å². The number of alkyl halides is 1. The molecule has 0 saturated heterocycles. The number of sulfone groups is 1. The molecular weight excluding hydrogens is 1670 g/mol. The third kappa shape index (κ3) is 26.9. The number of hydrogen-bond acceptors (Lipinski definition) is 7. The van der Waals surface area contributed by atoms with E-state index < -0.39 is 50.3 Å². The van der Waals surface area contributed by atoms with Crippen LogP contribution in [-0.4, -0.2) is 130 Å². The summed E-state index contributed by atoms with van der Waals surface area (Å²) < 4.78 is 73.2. The first kappa shape index (κ1) is 97.3. The summed E-state index contributed by atoms with van der Waals surface area (Å²) in [6, 6.07) is -0.319. The van der Waals surface area contributed by atoms with Crippen molar-refractivity contribution < 1.29 is 105 Å². The van der Waals surface area contributed by atoms with Crippen LogP contribution in [-0.2, 0) is 80.9 Å². The Morgan fingerprint density at radius 2 is 0.910 bits per heavy atom. The van der Waals surface area contributed by atoms with E-state index in [4.69, 9.17) is 44.0 Å². The van der Waals surface area contributed by atoms with E-state index in [2.05, 4.69) is 81.4 Å². The van der Waals surface area contributed by atoms with Crippen molar-refractivity contribution in [2.45, 2.75) is 326 Å². The van der Waals surface area contributed by atoms with Crippen LogP contribution in [0.2, 0.25) is 0 Å². The summed E-state index contributed by atoms with van der Waals surface area (Å²) in [7, 11) is -7.84. The number of nitrogens with one attached hydrogen (secondary N) is 4. The molecule has 596 valence electrons. The third-order valence-corrected chi connectivity index (χ3v) is 29.9. The van der Waals surface area contributed by atoms with Gasteiger partial charge in [-0.1, -0.05) is 197 Å². The van der Waals surface area contributed by atoms with E-state index in [1.807, 2.05) is 0 Å². The summed E-state index contributed by atoms with van der Waals surface area (Å²) in [5.74, 6) is 6.00. The van der Waals surface area contributed by atoms with Crippen LogP contribution < -0.4 is 0 Å². The second-order valence-corrected chi connectivity index (χ2v) is 38.2. The summed E-state index contributed by atoms with van der Waals surface area (Å²) in [6.07, 6.45) is 43.2. The molecule has 0 radical (unpaired) electrons.